The molecule has 0 saturated carbocycles. The van der Waals surface area contributed by atoms with Gasteiger partial charge in [-0.05, 0) is 44.9 Å². The standard InChI is InChI=1S/C16H24BrClN2O3/c1-12(2)22-9-3-7-19-16(21)20-8-4-10-23-15-6-5-13(17)11-14(15)18/h5-6,11-12H,3-4,7-10H2,1-2H3,(H2,19,20,21). The smallest absolute Gasteiger partial charge is 0.314 e. The first-order chi connectivity index (χ1) is 11.0. The number of hydrogen-bond acceptors (Lipinski definition) is 3. The summed E-state index contributed by atoms with van der Waals surface area (Å²) in [5, 5.41) is 6.13. The highest BCUT2D eigenvalue weighted by Crippen LogP contribution is 2.27. The molecule has 0 aliphatic carbocycles. The van der Waals surface area contributed by atoms with Gasteiger partial charge in [-0.1, -0.05) is 27.5 Å². The maximum Gasteiger partial charge on any atom is 0.314 e. The summed E-state index contributed by atoms with van der Waals surface area (Å²) in [6.07, 6.45) is 1.73. The van der Waals surface area contributed by atoms with Crippen molar-refractivity contribution in [1.82, 2.24) is 10.6 Å². The van der Waals surface area contributed by atoms with E-state index < -0.39 is 0 Å². The van der Waals surface area contributed by atoms with Crippen LogP contribution in [0.15, 0.2) is 22.7 Å². The summed E-state index contributed by atoms with van der Waals surface area (Å²) in [4.78, 5) is 11.5. The van der Waals surface area contributed by atoms with Crippen molar-refractivity contribution >= 4 is 33.6 Å². The second kappa shape index (κ2) is 11.5. The number of ether oxygens (including phenoxy) is 2. The molecule has 0 fully saturated rings. The number of carbonyl (C=O) groups excluding carboxylic acids is 1. The van der Waals surface area contributed by atoms with Gasteiger partial charge in [0.25, 0.3) is 0 Å². The number of carbonyl (C=O) groups is 1. The first-order valence-electron chi connectivity index (χ1n) is 7.70. The molecule has 0 atom stereocenters. The Balaban J connectivity index is 2.02. The van der Waals surface area contributed by atoms with Crippen LogP contribution in [0.5, 0.6) is 5.75 Å². The molecule has 0 bridgehead atoms. The monoisotopic (exact) mass is 406 g/mol. The van der Waals surface area contributed by atoms with Crippen LogP contribution in [-0.4, -0.2) is 38.4 Å². The molecule has 130 valence electrons. The summed E-state index contributed by atoms with van der Waals surface area (Å²) in [5.74, 6) is 0.643. The van der Waals surface area contributed by atoms with E-state index in [4.69, 9.17) is 21.1 Å². The number of halogens is 2. The summed E-state index contributed by atoms with van der Waals surface area (Å²) in [5.41, 5.74) is 0. The van der Waals surface area contributed by atoms with Crippen LogP contribution in [0.1, 0.15) is 26.7 Å². The van der Waals surface area contributed by atoms with Crippen LogP contribution in [0.2, 0.25) is 5.02 Å². The minimum atomic E-state index is -0.170. The topological polar surface area (TPSA) is 59.6 Å². The molecule has 0 aliphatic rings. The van der Waals surface area contributed by atoms with Gasteiger partial charge < -0.3 is 20.1 Å². The maximum atomic E-state index is 11.5. The fraction of sp³-hybridized carbons (Fsp3) is 0.562. The molecule has 5 nitrogen and oxygen atoms in total. The van der Waals surface area contributed by atoms with E-state index in [0.29, 0.717) is 43.5 Å². The van der Waals surface area contributed by atoms with Crippen LogP contribution in [0.25, 0.3) is 0 Å². The number of nitrogens with one attached hydrogen (secondary N) is 2. The Labute approximate surface area is 151 Å². The zero-order chi connectivity index (χ0) is 17.1. The Kier molecular flexibility index (Phi) is 10.1. The quantitative estimate of drug-likeness (QED) is 0.577. The van der Waals surface area contributed by atoms with E-state index in [1.165, 1.54) is 0 Å². The van der Waals surface area contributed by atoms with E-state index in [2.05, 4.69) is 26.6 Å². The van der Waals surface area contributed by atoms with Crippen LogP contribution >= 0.6 is 27.5 Å². The van der Waals surface area contributed by atoms with Gasteiger partial charge in [-0.2, -0.15) is 0 Å². The summed E-state index contributed by atoms with van der Waals surface area (Å²) in [6, 6.07) is 5.30. The maximum absolute atomic E-state index is 11.5. The molecule has 0 saturated heterocycles. The van der Waals surface area contributed by atoms with Crippen LogP contribution in [0, 0.1) is 0 Å². The van der Waals surface area contributed by atoms with Gasteiger partial charge in [0, 0.05) is 24.2 Å². The van der Waals surface area contributed by atoms with Crippen LogP contribution in [0.4, 0.5) is 4.79 Å². The molecule has 1 aromatic carbocycles. The van der Waals surface area contributed by atoms with E-state index in [1.807, 2.05) is 26.0 Å². The van der Waals surface area contributed by atoms with Gasteiger partial charge in [0.1, 0.15) is 5.75 Å². The average molecular weight is 408 g/mol. The summed E-state index contributed by atoms with van der Waals surface area (Å²) in [7, 11) is 0. The zero-order valence-corrected chi connectivity index (χ0v) is 15.9. The Hall–Kier alpha value is -0.980. The summed E-state index contributed by atoms with van der Waals surface area (Å²) < 4.78 is 11.9. The Morgan fingerprint density at radius 1 is 1.22 bits per heavy atom. The molecule has 0 aliphatic heterocycles. The Bertz CT molecular complexity index is 486. The Morgan fingerprint density at radius 3 is 2.48 bits per heavy atom. The van der Waals surface area contributed by atoms with E-state index >= 15 is 0 Å². The Morgan fingerprint density at radius 2 is 1.87 bits per heavy atom. The fourth-order valence-electron chi connectivity index (χ4n) is 1.70. The number of rotatable bonds is 10. The lowest BCUT2D eigenvalue weighted by Crippen LogP contribution is -2.37. The molecular weight excluding hydrogens is 384 g/mol. The molecule has 1 rings (SSSR count). The second-order valence-corrected chi connectivity index (χ2v) is 6.56. The molecule has 7 heteroatoms. The third kappa shape index (κ3) is 9.69. The lowest BCUT2D eigenvalue weighted by Gasteiger charge is -2.10. The van der Waals surface area contributed by atoms with Crippen molar-refractivity contribution in [2.24, 2.45) is 0 Å². The van der Waals surface area contributed by atoms with Crippen molar-refractivity contribution in [3.05, 3.63) is 27.7 Å². The molecule has 23 heavy (non-hydrogen) atoms. The van der Waals surface area contributed by atoms with Crippen molar-refractivity contribution in [3.63, 3.8) is 0 Å². The van der Waals surface area contributed by atoms with Crippen molar-refractivity contribution in [3.8, 4) is 5.75 Å². The van der Waals surface area contributed by atoms with E-state index in [9.17, 15) is 4.79 Å². The molecule has 0 radical (unpaired) electrons. The van der Waals surface area contributed by atoms with E-state index in [0.717, 1.165) is 10.9 Å². The highest BCUT2D eigenvalue weighted by Gasteiger charge is 2.03. The largest absolute Gasteiger partial charge is 0.492 e. The van der Waals surface area contributed by atoms with Crippen LogP contribution in [-0.2, 0) is 4.74 Å². The van der Waals surface area contributed by atoms with Gasteiger partial charge in [0.05, 0.1) is 17.7 Å². The first-order valence-corrected chi connectivity index (χ1v) is 8.87. The highest BCUT2D eigenvalue weighted by atomic mass is 79.9. The highest BCUT2D eigenvalue weighted by molar-refractivity contribution is 9.10. The van der Waals surface area contributed by atoms with Crippen molar-refractivity contribution in [2.75, 3.05) is 26.3 Å². The molecule has 1 aromatic rings. The van der Waals surface area contributed by atoms with E-state index in [-0.39, 0.29) is 12.1 Å². The molecule has 0 aromatic heterocycles. The van der Waals surface area contributed by atoms with Crippen molar-refractivity contribution in [2.45, 2.75) is 32.8 Å². The molecule has 0 heterocycles. The zero-order valence-electron chi connectivity index (χ0n) is 13.5. The number of benzene rings is 1. The van der Waals surface area contributed by atoms with Gasteiger partial charge in [0.15, 0.2) is 0 Å². The minimum Gasteiger partial charge on any atom is -0.492 e. The second-order valence-electron chi connectivity index (χ2n) is 5.23. The predicted molar refractivity (Wildman–Crippen MR) is 96.4 cm³/mol. The predicted octanol–water partition coefficient (Wildman–Crippen LogP) is 3.99. The summed E-state index contributed by atoms with van der Waals surface area (Å²) in [6.45, 7) is 6.27. The lowest BCUT2D eigenvalue weighted by atomic mass is 10.3. The van der Waals surface area contributed by atoms with Crippen LogP contribution in [0.3, 0.4) is 0 Å². The molecule has 2 N–H and O–H groups in total. The number of urea groups is 1. The van der Waals surface area contributed by atoms with Crippen molar-refractivity contribution in [1.29, 1.82) is 0 Å². The van der Waals surface area contributed by atoms with Gasteiger partial charge in [0.2, 0.25) is 0 Å². The minimum absolute atomic E-state index is 0.170. The van der Waals surface area contributed by atoms with Gasteiger partial charge in [-0.3, -0.25) is 0 Å². The lowest BCUT2D eigenvalue weighted by molar-refractivity contribution is 0.0774. The number of hydrogen-bond donors (Lipinski definition) is 2. The van der Waals surface area contributed by atoms with Crippen LogP contribution < -0.4 is 15.4 Å². The van der Waals surface area contributed by atoms with Crippen molar-refractivity contribution < 1.29 is 14.3 Å². The van der Waals surface area contributed by atoms with Gasteiger partial charge >= 0.3 is 6.03 Å². The summed E-state index contributed by atoms with van der Waals surface area (Å²) >= 11 is 9.39. The third-order valence-corrected chi connectivity index (χ3v) is 3.60. The molecule has 0 unspecified atom stereocenters. The van der Waals surface area contributed by atoms with Gasteiger partial charge in [-0.25, -0.2) is 4.79 Å². The normalized spacial score (nSPS) is 10.7. The molecular formula is C16H24BrClN2O3. The molecule has 2 amide bonds. The molecule has 0 spiro atoms. The number of amides is 2. The first kappa shape index (κ1) is 20.1. The third-order valence-electron chi connectivity index (χ3n) is 2.82. The SMILES string of the molecule is CC(C)OCCCNC(=O)NCCCOc1ccc(Br)cc1Cl. The van der Waals surface area contributed by atoms with Gasteiger partial charge in [-0.15, -0.1) is 0 Å². The van der Waals surface area contributed by atoms with E-state index in [1.54, 1.807) is 6.07 Å². The fourth-order valence-corrected chi connectivity index (χ4v) is 2.43. The average Bonchev–Trinajstić information content (AvgIpc) is 2.48.